The number of hydrogen-bond acceptors (Lipinski definition) is 4. The minimum absolute atomic E-state index is 0.0462. The number of unbranched alkanes of at least 4 members (excludes halogenated alkanes) is 1. The summed E-state index contributed by atoms with van der Waals surface area (Å²) < 4.78 is 5.16. The van der Waals surface area contributed by atoms with E-state index in [0.29, 0.717) is 45.2 Å². The number of hydrogen-bond donors (Lipinski definition) is 1. The molecule has 0 saturated carbocycles. The van der Waals surface area contributed by atoms with Gasteiger partial charge in [-0.3, -0.25) is 9.59 Å². The van der Waals surface area contributed by atoms with Crippen molar-refractivity contribution in [1.29, 1.82) is 0 Å². The van der Waals surface area contributed by atoms with E-state index in [1.807, 2.05) is 20.8 Å². The van der Waals surface area contributed by atoms with Gasteiger partial charge in [-0.2, -0.15) is 0 Å². The highest BCUT2D eigenvalue weighted by atomic mass is 16.6. The van der Waals surface area contributed by atoms with E-state index in [0.717, 1.165) is 0 Å². The van der Waals surface area contributed by atoms with Crippen LogP contribution >= 0.6 is 0 Å². The molecule has 0 spiro atoms. The summed E-state index contributed by atoms with van der Waals surface area (Å²) in [6.07, 6.45) is 2.67. The number of carbonyl (C=O) groups is 2. The molecule has 0 aromatic carbocycles. The summed E-state index contributed by atoms with van der Waals surface area (Å²) in [5.41, 5.74) is 7.61. The molecule has 0 fully saturated rings. The number of nitrogens with zero attached hydrogens (tertiary/aromatic N) is 3. The third-order valence-electron chi connectivity index (χ3n) is 2.28. The van der Waals surface area contributed by atoms with Crippen molar-refractivity contribution in [2.24, 2.45) is 5.11 Å². The Morgan fingerprint density at radius 2 is 1.90 bits per heavy atom. The van der Waals surface area contributed by atoms with E-state index >= 15 is 0 Å². The van der Waals surface area contributed by atoms with E-state index < -0.39 is 5.60 Å². The first-order chi connectivity index (χ1) is 9.35. The molecule has 0 atom stereocenters. The van der Waals surface area contributed by atoms with E-state index in [1.165, 1.54) is 0 Å². The molecule has 7 heteroatoms. The number of ether oxygens (including phenoxy) is 1. The number of amides is 1. The van der Waals surface area contributed by atoms with Crippen LogP contribution in [0.1, 0.15) is 52.9 Å². The topological polar surface area (TPSA) is 104 Å². The van der Waals surface area contributed by atoms with Crippen LogP contribution in [0, 0.1) is 0 Å². The van der Waals surface area contributed by atoms with Crippen molar-refractivity contribution in [2.75, 3.05) is 13.1 Å². The zero-order chi connectivity index (χ0) is 15.4. The van der Waals surface area contributed by atoms with Crippen LogP contribution in [0.5, 0.6) is 0 Å². The Bertz CT molecular complexity index is 357. The van der Waals surface area contributed by atoms with E-state index in [4.69, 9.17) is 10.3 Å². The lowest BCUT2D eigenvalue weighted by Gasteiger charge is -2.19. The summed E-state index contributed by atoms with van der Waals surface area (Å²) in [6, 6.07) is 0. The van der Waals surface area contributed by atoms with E-state index in [1.54, 1.807) is 0 Å². The number of azide groups is 1. The Hall–Kier alpha value is -1.75. The summed E-state index contributed by atoms with van der Waals surface area (Å²) in [6.45, 7) is 6.35. The summed E-state index contributed by atoms with van der Waals surface area (Å²) in [5.74, 6) is -0.295. The smallest absolute Gasteiger partial charge is 0.306 e. The maximum atomic E-state index is 11.4. The first-order valence-electron chi connectivity index (χ1n) is 6.84. The van der Waals surface area contributed by atoms with Gasteiger partial charge in [-0.05, 0) is 45.6 Å². The summed E-state index contributed by atoms with van der Waals surface area (Å²) in [7, 11) is 0. The Balaban J connectivity index is 3.52. The van der Waals surface area contributed by atoms with Gasteiger partial charge in [-0.25, -0.2) is 0 Å². The standard InChI is InChI=1S/C13H24N4O3/c1-13(2,3)20-12(19)8-6-9-15-11(18)7-4-5-10-16-17-14/h4-10H2,1-3H3,(H,15,18). The quantitative estimate of drug-likeness (QED) is 0.231. The number of nitrogens with one attached hydrogen (secondary N) is 1. The molecule has 0 unspecified atom stereocenters. The van der Waals surface area contributed by atoms with Gasteiger partial charge in [0, 0.05) is 30.8 Å². The maximum absolute atomic E-state index is 11.4. The second-order valence-corrected chi connectivity index (χ2v) is 5.45. The molecular formula is C13H24N4O3. The molecule has 0 aromatic rings. The van der Waals surface area contributed by atoms with Crippen LogP contribution in [-0.4, -0.2) is 30.6 Å². The van der Waals surface area contributed by atoms with Crippen molar-refractivity contribution in [2.45, 2.75) is 58.5 Å². The van der Waals surface area contributed by atoms with E-state index in [9.17, 15) is 9.59 Å². The number of carbonyl (C=O) groups excluding carboxylic acids is 2. The number of rotatable bonds is 9. The lowest BCUT2D eigenvalue weighted by Crippen LogP contribution is -2.26. The van der Waals surface area contributed by atoms with Gasteiger partial charge in [0.1, 0.15) is 5.60 Å². The molecular weight excluding hydrogens is 260 g/mol. The first kappa shape index (κ1) is 18.2. The van der Waals surface area contributed by atoms with Crippen molar-refractivity contribution in [1.82, 2.24) is 5.32 Å². The van der Waals surface area contributed by atoms with Gasteiger partial charge in [0.15, 0.2) is 0 Å². The van der Waals surface area contributed by atoms with Crippen LogP contribution in [0.3, 0.4) is 0 Å². The molecule has 0 bridgehead atoms. The monoisotopic (exact) mass is 284 g/mol. The van der Waals surface area contributed by atoms with Crippen LogP contribution in [0.15, 0.2) is 5.11 Å². The van der Waals surface area contributed by atoms with Crippen molar-refractivity contribution >= 4 is 11.9 Å². The summed E-state index contributed by atoms with van der Waals surface area (Å²) in [4.78, 5) is 25.5. The van der Waals surface area contributed by atoms with Gasteiger partial charge in [-0.1, -0.05) is 5.11 Å². The molecule has 0 aromatic heterocycles. The molecule has 20 heavy (non-hydrogen) atoms. The Morgan fingerprint density at radius 3 is 2.50 bits per heavy atom. The highest BCUT2D eigenvalue weighted by molar-refractivity contribution is 5.75. The molecule has 114 valence electrons. The molecule has 0 aliphatic heterocycles. The largest absolute Gasteiger partial charge is 0.460 e. The van der Waals surface area contributed by atoms with Crippen LogP contribution in [0.4, 0.5) is 0 Å². The van der Waals surface area contributed by atoms with Gasteiger partial charge >= 0.3 is 5.97 Å². The molecule has 1 amide bonds. The van der Waals surface area contributed by atoms with Gasteiger partial charge < -0.3 is 10.1 Å². The average molecular weight is 284 g/mol. The molecule has 0 aliphatic carbocycles. The second-order valence-electron chi connectivity index (χ2n) is 5.45. The molecule has 7 nitrogen and oxygen atoms in total. The van der Waals surface area contributed by atoms with Crippen LogP contribution in [0.2, 0.25) is 0 Å². The predicted molar refractivity (Wildman–Crippen MR) is 76.0 cm³/mol. The molecule has 0 saturated heterocycles. The highest BCUT2D eigenvalue weighted by Gasteiger charge is 2.15. The zero-order valence-corrected chi connectivity index (χ0v) is 12.5. The van der Waals surface area contributed by atoms with Crippen molar-refractivity contribution in [3.8, 4) is 0 Å². The van der Waals surface area contributed by atoms with Crippen LogP contribution < -0.4 is 5.32 Å². The fourth-order valence-electron chi connectivity index (χ4n) is 1.45. The molecule has 0 heterocycles. The molecule has 0 radical (unpaired) electrons. The van der Waals surface area contributed by atoms with E-state index in [2.05, 4.69) is 15.3 Å². The predicted octanol–water partition coefficient (Wildman–Crippen LogP) is 2.71. The SMILES string of the molecule is CC(C)(C)OC(=O)CCCNC(=O)CCCCN=[N+]=[N-]. The Labute approximate surface area is 119 Å². The minimum Gasteiger partial charge on any atom is -0.460 e. The van der Waals surface area contributed by atoms with Crippen molar-refractivity contribution in [3.05, 3.63) is 10.4 Å². The van der Waals surface area contributed by atoms with Crippen LogP contribution in [-0.2, 0) is 14.3 Å². The average Bonchev–Trinajstić information content (AvgIpc) is 2.32. The third-order valence-corrected chi connectivity index (χ3v) is 2.28. The fourth-order valence-corrected chi connectivity index (χ4v) is 1.45. The fraction of sp³-hybridized carbons (Fsp3) is 0.846. The number of esters is 1. The third kappa shape index (κ3) is 12.7. The minimum atomic E-state index is -0.466. The first-order valence-corrected chi connectivity index (χ1v) is 6.84. The summed E-state index contributed by atoms with van der Waals surface area (Å²) in [5, 5.41) is 6.13. The van der Waals surface area contributed by atoms with Crippen molar-refractivity contribution in [3.63, 3.8) is 0 Å². The molecule has 0 aliphatic rings. The van der Waals surface area contributed by atoms with E-state index in [-0.39, 0.29) is 11.9 Å². The van der Waals surface area contributed by atoms with Gasteiger partial charge in [0.25, 0.3) is 0 Å². The highest BCUT2D eigenvalue weighted by Crippen LogP contribution is 2.08. The zero-order valence-electron chi connectivity index (χ0n) is 12.5. The Kier molecular flexibility index (Phi) is 9.20. The lowest BCUT2D eigenvalue weighted by atomic mass is 10.2. The Morgan fingerprint density at radius 1 is 1.20 bits per heavy atom. The van der Waals surface area contributed by atoms with Crippen LogP contribution in [0.25, 0.3) is 10.4 Å². The lowest BCUT2D eigenvalue weighted by molar-refractivity contribution is -0.155. The molecule has 1 N–H and O–H groups in total. The van der Waals surface area contributed by atoms with Gasteiger partial charge in [0.05, 0.1) is 0 Å². The van der Waals surface area contributed by atoms with Gasteiger partial charge in [-0.15, -0.1) is 0 Å². The van der Waals surface area contributed by atoms with Gasteiger partial charge in [0.2, 0.25) is 5.91 Å². The maximum Gasteiger partial charge on any atom is 0.306 e. The van der Waals surface area contributed by atoms with Crippen molar-refractivity contribution < 1.29 is 14.3 Å². The normalized spacial score (nSPS) is 10.6. The second kappa shape index (κ2) is 10.1. The summed E-state index contributed by atoms with van der Waals surface area (Å²) >= 11 is 0. The molecule has 0 rings (SSSR count).